The summed E-state index contributed by atoms with van der Waals surface area (Å²) in [5, 5.41) is 5.89. The maximum atomic E-state index is 11.4. The van der Waals surface area contributed by atoms with Crippen LogP contribution >= 0.6 is 0 Å². The lowest BCUT2D eigenvalue weighted by atomic mass is 9.97. The maximum Gasteiger partial charge on any atom is 0.315 e. The number of amides is 2. The molecule has 2 amide bonds. The highest BCUT2D eigenvalue weighted by Gasteiger charge is 2.27. The molecule has 0 aromatic carbocycles. The van der Waals surface area contributed by atoms with E-state index in [0.717, 1.165) is 6.42 Å². The number of carbonyl (C=O) groups is 1. The topological polar surface area (TPSA) is 41.1 Å². The number of unbranched alkanes of at least 4 members (excludes halogenated alkanes) is 1. The van der Waals surface area contributed by atoms with E-state index in [1.54, 1.807) is 0 Å². The van der Waals surface area contributed by atoms with Gasteiger partial charge in [0.2, 0.25) is 0 Å². The van der Waals surface area contributed by atoms with Gasteiger partial charge in [0.05, 0.1) is 0 Å². The molecule has 0 aliphatic heterocycles. The predicted molar refractivity (Wildman–Crippen MR) is 62.9 cm³/mol. The number of nitrogens with one attached hydrogen (secondary N) is 2. The molecule has 88 valence electrons. The van der Waals surface area contributed by atoms with Crippen molar-refractivity contribution in [1.82, 2.24) is 10.6 Å². The molecule has 0 radical (unpaired) electrons. The molecular weight excluding hydrogens is 188 g/mol. The van der Waals surface area contributed by atoms with Crippen molar-refractivity contribution in [1.29, 1.82) is 0 Å². The van der Waals surface area contributed by atoms with Crippen LogP contribution in [0.4, 0.5) is 4.79 Å². The molecule has 0 heterocycles. The highest BCUT2D eigenvalue weighted by Crippen LogP contribution is 2.29. The smallest absolute Gasteiger partial charge is 0.315 e. The fraction of sp³-hybridized carbons (Fsp3) is 0.917. The van der Waals surface area contributed by atoms with Crippen LogP contribution in [0, 0.1) is 5.92 Å². The molecule has 3 nitrogen and oxygen atoms in total. The van der Waals surface area contributed by atoms with Crippen LogP contribution in [0.2, 0.25) is 0 Å². The number of hydrogen-bond acceptors (Lipinski definition) is 1. The van der Waals surface area contributed by atoms with E-state index in [1.807, 2.05) is 6.92 Å². The Morgan fingerprint density at radius 2 is 2.13 bits per heavy atom. The van der Waals surface area contributed by atoms with Crippen LogP contribution in [-0.4, -0.2) is 18.6 Å². The molecule has 1 aliphatic rings. The van der Waals surface area contributed by atoms with Crippen LogP contribution in [0.1, 0.15) is 52.4 Å². The molecule has 1 aliphatic carbocycles. The van der Waals surface area contributed by atoms with Crippen molar-refractivity contribution < 1.29 is 4.79 Å². The van der Waals surface area contributed by atoms with Gasteiger partial charge in [-0.15, -0.1) is 0 Å². The molecular formula is C12H24N2O. The minimum absolute atomic E-state index is 0.00546. The highest BCUT2D eigenvalue weighted by molar-refractivity contribution is 5.74. The lowest BCUT2D eigenvalue weighted by Crippen LogP contribution is -2.43. The summed E-state index contributed by atoms with van der Waals surface area (Å²) in [5.41, 5.74) is 0. The van der Waals surface area contributed by atoms with Gasteiger partial charge in [-0.05, 0) is 32.1 Å². The monoisotopic (exact) mass is 212 g/mol. The van der Waals surface area contributed by atoms with Gasteiger partial charge in [0.15, 0.2) is 0 Å². The average Bonchev–Trinajstić information content (AvgIpc) is 2.63. The first-order chi connectivity index (χ1) is 7.27. The van der Waals surface area contributed by atoms with Crippen molar-refractivity contribution in [2.75, 3.05) is 6.54 Å². The Kier molecular flexibility index (Phi) is 5.51. The van der Waals surface area contributed by atoms with Gasteiger partial charge in [-0.2, -0.15) is 0 Å². The number of rotatable bonds is 5. The lowest BCUT2D eigenvalue weighted by molar-refractivity contribution is 0.233. The maximum absolute atomic E-state index is 11.4. The summed E-state index contributed by atoms with van der Waals surface area (Å²) >= 11 is 0. The van der Waals surface area contributed by atoms with E-state index >= 15 is 0 Å². The zero-order chi connectivity index (χ0) is 11.1. The Hall–Kier alpha value is -0.730. The molecule has 1 saturated carbocycles. The zero-order valence-corrected chi connectivity index (χ0v) is 10.0. The predicted octanol–water partition coefficient (Wildman–Crippen LogP) is 2.66. The van der Waals surface area contributed by atoms with Gasteiger partial charge in [-0.25, -0.2) is 4.79 Å². The molecule has 0 spiro atoms. The minimum Gasteiger partial charge on any atom is -0.338 e. The molecule has 0 bridgehead atoms. The summed E-state index contributed by atoms with van der Waals surface area (Å²) in [6.07, 6.45) is 7.53. The standard InChI is InChI=1S/C12H24N2O/c1-3-5-7-10-8-6-9-11(10)14-12(15)13-4-2/h10-11H,3-9H2,1-2H3,(H2,13,14,15)/t10-,11+/m0/s1. The van der Waals surface area contributed by atoms with E-state index in [0.29, 0.717) is 18.5 Å². The first-order valence-corrected chi connectivity index (χ1v) is 6.32. The van der Waals surface area contributed by atoms with Gasteiger partial charge in [0, 0.05) is 12.6 Å². The van der Waals surface area contributed by atoms with Gasteiger partial charge in [-0.3, -0.25) is 0 Å². The van der Waals surface area contributed by atoms with E-state index < -0.39 is 0 Å². The normalized spacial score (nSPS) is 25.2. The summed E-state index contributed by atoms with van der Waals surface area (Å²) in [5.74, 6) is 0.715. The lowest BCUT2D eigenvalue weighted by Gasteiger charge is -2.20. The van der Waals surface area contributed by atoms with E-state index in [-0.39, 0.29) is 6.03 Å². The third kappa shape index (κ3) is 4.10. The van der Waals surface area contributed by atoms with E-state index in [1.165, 1.54) is 32.1 Å². The average molecular weight is 212 g/mol. The number of urea groups is 1. The van der Waals surface area contributed by atoms with Crippen molar-refractivity contribution in [3.63, 3.8) is 0 Å². The van der Waals surface area contributed by atoms with E-state index in [4.69, 9.17) is 0 Å². The largest absolute Gasteiger partial charge is 0.338 e. The molecule has 0 aromatic heterocycles. The Morgan fingerprint density at radius 1 is 1.33 bits per heavy atom. The van der Waals surface area contributed by atoms with Crippen molar-refractivity contribution in [3.05, 3.63) is 0 Å². The van der Waals surface area contributed by atoms with Gasteiger partial charge in [0.1, 0.15) is 0 Å². The summed E-state index contributed by atoms with van der Waals surface area (Å²) in [7, 11) is 0. The zero-order valence-electron chi connectivity index (χ0n) is 10.0. The van der Waals surface area contributed by atoms with Crippen molar-refractivity contribution in [2.45, 2.75) is 58.4 Å². The van der Waals surface area contributed by atoms with Gasteiger partial charge in [-0.1, -0.05) is 26.2 Å². The Labute approximate surface area is 93.0 Å². The molecule has 1 fully saturated rings. The molecule has 1 rings (SSSR count). The minimum atomic E-state index is 0.00546. The molecule has 0 unspecified atom stereocenters. The summed E-state index contributed by atoms with van der Waals surface area (Å²) < 4.78 is 0. The van der Waals surface area contributed by atoms with E-state index in [2.05, 4.69) is 17.6 Å². The highest BCUT2D eigenvalue weighted by atomic mass is 16.2. The van der Waals surface area contributed by atoms with Crippen LogP contribution in [0.25, 0.3) is 0 Å². The SMILES string of the molecule is CCCC[C@H]1CCC[C@H]1NC(=O)NCC. The van der Waals surface area contributed by atoms with Crippen molar-refractivity contribution in [2.24, 2.45) is 5.92 Å². The fourth-order valence-electron chi connectivity index (χ4n) is 2.42. The quantitative estimate of drug-likeness (QED) is 0.722. The van der Waals surface area contributed by atoms with Crippen LogP contribution in [0.3, 0.4) is 0 Å². The molecule has 2 atom stereocenters. The van der Waals surface area contributed by atoms with E-state index in [9.17, 15) is 4.79 Å². The molecule has 2 N–H and O–H groups in total. The first-order valence-electron chi connectivity index (χ1n) is 6.32. The number of hydrogen-bond donors (Lipinski definition) is 2. The number of carbonyl (C=O) groups excluding carboxylic acids is 1. The fourth-order valence-corrected chi connectivity index (χ4v) is 2.42. The Bertz CT molecular complexity index is 194. The summed E-state index contributed by atoms with van der Waals surface area (Å²) in [6, 6.07) is 0.425. The molecule has 0 saturated heterocycles. The van der Waals surface area contributed by atoms with Crippen LogP contribution in [0.15, 0.2) is 0 Å². The van der Waals surface area contributed by atoms with Crippen LogP contribution in [0.5, 0.6) is 0 Å². The summed E-state index contributed by atoms with van der Waals surface area (Å²) in [6.45, 7) is 4.88. The first kappa shape index (κ1) is 12.3. The van der Waals surface area contributed by atoms with Gasteiger partial charge >= 0.3 is 6.03 Å². The Morgan fingerprint density at radius 3 is 2.80 bits per heavy atom. The van der Waals surface area contributed by atoms with Crippen LogP contribution in [-0.2, 0) is 0 Å². The second-order valence-electron chi connectivity index (χ2n) is 4.44. The Balaban J connectivity index is 2.29. The second-order valence-corrected chi connectivity index (χ2v) is 4.44. The van der Waals surface area contributed by atoms with Crippen molar-refractivity contribution >= 4 is 6.03 Å². The van der Waals surface area contributed by atoms with Crippen molar-refractivity contribution in [3.8, 4) is 0 Å². The van der Waals surface area contributed by atoms with Gasteiger partial charge < -0.3 is 10.6 Å². The second kappa shape index (κ2) is 6.70. The third-order valence-corrected chi connectivity index (χ3v) is 3.24. The molecule has 3 heteroatoms. The van der Waals surface area contributed by atoms with Crippen LogP contribution < -0.4 is 10.6 Å². The summed E-state index contributed by atoms with van der Waals surface area (Å²) in [4.78, 5) is 11.4. The van der Waals surface area contributed by atoms with Gasteiger partial charge in [0.25, 0.3) is 0 Å². The molecule has 0 aromatic rings. The third-order valence-electron chi connectivity index (χ3n) is 3.24. The molecule has 15 heavy (non-hydrogen) atoms.